The van der Waals surface area contributed by atoms with Crippen molar-refractivity contribution in [3.05, 3.63) is 53.1 Å². The molecule has 5 nitrogen and oxygen atoms in total. The van der Waals surface area contributed by atoms with E-state index in [-0.39, 0.29) is 0 Å². The largest absolute Gasteiger partial charge is 0.295 e. The third-order valence-corrected chi connectivity index (χ3v) is 4.35. The molecule has 0 spiro atoms. The lowest BCUT2D eigenvalue weighted by molar-refractivity contribution is 0.310. The molecule has 1 aliphatic rings. The highest BCUT2D eigenvalue weighted by Crippen LogP contribution is 2.39. The number of nitrogens with one attached hydrogen (secondary N) is 1. The van der Waals surface area contributed by atoms with Gasteiger partial charge in [0, 0.05) is 24.7 Å². The van der Waals surface area contributed by atoms with Crippen molar-refractivity contribution in [3.8, 4) is 0 Å². The number of aromatic nitrogens is 4. The summed E-state index contributed by atoms with van der Waals surface area (Å²) in [6.07, 6.45) is 2.57. The fourth-order valence-corrected chi connectivity index (χ4v) is 2.93. The molecule has 118 valence electrons. The van der Waals surface area contributed by atoms with Gasteiger partial charge in [0.25, 0.3) is 0 Å². The summed E-state index contributed by atoms with van der Waals surface area (Å²) in [6, 6.07) is 10.2. The number of H-pyrrole nitrogens is 1. The third kappa shape index (κ3) is 3.10. The molecule has 3 aromatic rings. The Kier molecular flexibility index (Phi) is 3.58. The standard InChI is InChI=1S/C18H21N5/c1-12-18(20-16-6-4-3-5-15(16)19-12)11-23(2)10-14-9-17(22-21-14)13-7-8-13/h3-6,9,13H,7-8,10-11H2,1-2H3,(H,21,22). The van der Waals surface area contributed by atoms with E-state index < -0.39 is 0 Å². The Bertz CT molecular complexity index is 834. The van der Waals surface area contributed by atoms with E-state index >= 15 is 0 Å². The molecule has 1 fully saturated rings. The first-order valence-electron chi connectivity index (χ1n) is 8.14. The van der Waals surface area contributed by atoms with Crippen molar-refractivity contribution in [2.75, 3.05) is 7.05 Å². The van der Waals surface area contributed by atoms with Crippen molar-refractivity contribution in [1.82, 2.24) is 25.1 Å². The zero-order valence-electron chi connectivity index (χ0n) is 13.6. The fourth-order valence-electron chi connectivity index (χ4n) is 2.93. The molecule has 23 heavy (non-hydrogen) atoms. The van der Waals surface area contributed by atoms with Gasteiger partial charge in [-0.1, -0.05) is 12.1 Å². The zero-order chi connectivity index (χ0) is 15.8. The molecule has 0 radical (unpaired) electrons. The Morgan fingerprint density at radius 3 is 2.61 bits per heavy atom. The average molecular weight is 307 g/mol. The van der Waals surface area contributed by atoms with Crippen molar-refractivity contribution in [2.24, 2.45) is 0 Å². The highest BCUT2D eigenvalue weighted by Gasteiger charge is 2.26. The Labute approximate surface area is 135 Å². The quantitative estimate of drug-likeness (QED) is 0.786. The summed E-state index contributed by atoms with van der Waals surface area (Å²) < 4.78 is 0. The average Bonchev–Trinajstić information content (AvgIpc) is 3.28. The molecule has 1 aliphatic carbocycles. The van der Waals surface area contributed by atoms with Gasteiger partial charge in [-0.15, -0.1) is 0 Å². The Morgan fingerprint density at radius 1 is 1.13 bits per heavy atom. The molecule has 2 heterocycles. The minimum atomic E-state index is 0.693. The number of benzene rings is 1. The van der Waals surface area contributed by atoms with Crippen LogP contribution in [0.15, 0.2) is 30.3 Å². The lowest BCUT2D eigenvalue weighted by Crippen LogP contribution is -2.19. The second kappa shape index (κ2) is 5.74. The van der Waals surface area contributed by atoms with Gasteiger partial charge in [0.1, 0.15) is 0 Å². The number of aromatic amines is 1. The number of hydrogen-bond donors (Lipinski definition) is 1. The van der Waals surface area contributed by atoms with Crippen LogP contribution in [0.25, 0.3) is 11.0 Å². The molecule has 0 aliphatic heterocycles. The van der Waals surface area contributed by atoms with Crippen LogP contribution in [0.1, 0.15) is 41.5 Å². The first-order chi connectivity index (χ1) is 11.2. The number of hydrogen-bond acceptors (Lipinski definition) is 4. The molecule has 2 aromatic heterocycles. The van der Waals surface area contributed by atoms with Gasteiger partial charge in [0.15, 0.2) is 0 Å². The van der Waals surface area contributed by atoms with Gasteiger partial charge >= 0.3 is 0 Å². The number of fused-ring (bicyclic) bond motifs is 1. The van der Waals surface area contributed by atoms with Crippen LogP contribution in [0.4, 0.5) is 0 Å². The lowest BCUT2D eigenvalue weighted by Gasteiger charge is -2.16. The lowest BCUT2D eigenvalue weighted by atomic mass is 10.2. The van der Waals surface area contributed by atoms with E-state index in [1.165, 1.54) is 24.2 Å². The SMILES string of the molecule is Cc1nc2ccccc2nc1CN(C)Cc1cc(C2CC2)n[nH]1. The Hall–Kier alpha value is -2.27. The second-order valence-corrected chi connectivity index (χ2v) is 6.51. The monoisotopic (exact) mass is 307 g/mol. The molecule has 4 rings (SSSR count). The van der Waals surface area contributed by atoms with Crippen molar-refractivity contribution in [3.63, 3.8) is 0 Å². The molecule has 0 unspecified atom stereocenters. The van der Waals surface area contributed by atoms with E-state index in [1.807, 2.05) is 31.2 Å². The van der Waals surface area contributed by atoms with E-state index in [0.717, 1.165) is 35.5 Å². The minimum Gasteiger partial charge on any atom is -0.295 e. The number of aryl methyl sites for hydroxylation is 1. The van der Waals surface area contributed by atoms with E-state index in [1.54, 1.807) is 0 Å². The summed E-state index contributed by atoms with van der Waals surface area (Å²) >= 11 is 0. The second-order valence-electron chi connectivity index (χ2n) is 6.51. The minimum absolute atomic E-state index is 0.693. The van der Waals surface area contributed by atoms with Gasteiger partial charge in [-0.2, -0.15) is 5.10 Å². The van der Waals surface area contributed by atoms with Crippen LogP contribution >= 0.6 is 0 Å². The molecule has 1 N–H and O–H groups in total. The number of para-hydroxylation sites is 2. The predicted molar refractivity (Wildman–Crippen MR) is 90.0 cm³/mol. The summed E-state index contributed by atoms with van der Waals surface area (Å²) in [5, 5.41) is 7.58. The van der Waals surface area contributed by atoms with Crippen molar-refractivity contribution in [1.29, 1.82) is 0 Å². The first kappa shape index (κ1) is 14.3. The number of rotatable bonds is 5. The fraction of sp³-hybridized carbons (Fsp3) is 0.389. The van der Waals surface area contributed by atoms with Crippen molar-refractivity contribution in [2.45, 2.75) is 38.8 Å². The van der Waals surface area contributed by atoms with E-state index in [2.05, 4.69) is 33.2 Å². The van der Waals surface area contributed by atoms with Gasteiger partial charge in [-0.3, -0.25) is 10.00 Å². The van der Waals surface area contributed by atoms with E-state index in [9.17, 15) is 0 Å². The van der Waals surface area contributed by atoms with Crippen LogP contribution in [0.3, 0.4) is 0 Å². The number of nitrogens with zero attached hydrogens (tertiary/aromatic N) is 4. The molecule has 0 atom stereocenters. The Balaban J connectivity index is 1.48. The highest BCUT2D eigenvalue weighted by molar-refractivity contribution is 5.74. The summed E-state index contributed by atoms with van der Waals surface area (Å²) in [5.74, 6) is 0.693. The molecule has 0 saturated heterocycles. The maximum absolute atomic E-state index is 4.77. The van der Waals surface area contributed by atoms with Crippen LogP contribution < -0.4 is 0 Å². The molecule has 0 bridgehead atoms. The van der Waals surface area contributed by atoms with Gasteiger partial charge in [0.2, 0.25) is 0 Å². The summed E-state index contributed by atoms with van der Waals surface area (Å²) in [6.45, 7) is 3.65. The molecule has 5 heteroatoms. The van der Waals surface area contributed by atoms with Gasteiger partial charge in [0.05, 0.1) is 28.1 Å². The van der Waals surface area contributed by atoms with Crippen LogP contribution in [-0.2, 0) is 13.1 Å². The predicted octanol–water partition coefficient (Wildman–Crippen LogP) is 3.17. The van der Waals surface area contributed by atoms with E-state index in [0.29, 0.717) is 5.92 Å². The highest BCUT2D eigenvalue weighted by atomic mass is 15.2. The van der Waals surface area contributed by atoms with Crippen LogP contribution in [0, 0.1) is 6.92 Å². The summed E-state index contributed by atoms with van der Waals surface area (Å²) in [5.41, 5.74) is 6.33. The molecular weight excluding hydrogens is 286 g/mol. The Morgan fingerprint density at radius 2 is 1.87 bits per heavy atom. The van der Waals surface area contributed by atoms with Crippen molar-refractivity contribution >= 4 is 11.0 Å². The van der Waals surface area contributed by atoms with Crippen LogP contribution in [0.2, 0.25) is 0 Å². The normalized spacial score (nSPS) is 14.7. The maximum atomic E-state index is 4.77. The zero-order valence-corrected chi connectivity index (χ0v) is 13.6. The summed E-state index contributed by atoms with van der Waals surface area (Å²) in [4.78, 5) is 11.7. The topological polar surface area (TPSA) is 57.7 Å². The van der Waals surface area contributed by atoms with Crippen LogP contribution in [-0.4, -0.2) is 32.1 Å². The molecule has 0 amide bonds. The van der Waals surface area contributed by atoms with Crippen molar-refractivity contribution < 1.29 is 0 Å². The van der Waals surface area contributed by atoms with Gasteiger partial charge < -0.3 is 0 Å². The van der Waals surface area contributed by atoms with Gasteiger partial charge in [-0.05, 0) is 45.0 Å². The maximum Gasteiger partial charge on any atom is 0.0890 e. The molecule has 1 aromatic carbocycles. The van der Waals surface area contributed by atoms with Crippen LogP contribution in [0.5, 0.6) is 0 Å². The third-order valence-electron chi connectivity index (χ3n) is 4.35. The first-order valence-corrected chi connectivity index (χ1v) is 8.14. The summed E-state index contributed by atoms with van der Waals surface area (Å²) in [7, 11) is 2.11. The molecular formula is C18H21N5. The molecule has 1 saturated carbocycles. The van der Waals surface area contributed by atoms with E-state index in [4.69, 9.17) is 4.98 Å². The smallest absolute Gasteiger partial charge is 0.0890 e. The van der Waals surface area contributed by atoms with Gasteiger partial charge in [-0.25, -0.2) is 9.97 Å².